The molecule has 124 valence electrons. The Balaban J connectivity index is 2.21. The van der Waals surface area contributed by atoms with Crippen LogP contribution >= 0.6 is 0 Å². The first-order chi connectivity index (χ1) is 9.62. The van der Waals surface area contributed by atoms with Gasteiger partial charge in [-0.3, -0.25) is 0 Å². The molecule has 2 aliphatic rings. The molecule has 0 bridgehead atoms. The summed E-state index contributed by atoms with van der Waals surface area (Å²) in [6.07, 6.45) is 5.66. The van der Waals surface area contributed by atoms with Crippen LogP contribution in [0.15, 0.2) is 0 Å². The van der Waals surface area contributed by atoms with Gasteiger partial charge in [0, 0.05) is 18.6 Å². The van der Waals surface area contributed by atoms with E-state index in [4.69, 9.17) is 15.2 Å². The number of hydrogen-bond donors (Lipinski definition) is 1. The van der Waals surface area contributed by atoms with E-state index in [9.17, 15) is 0 Å². The lowest BCUT2D eigenvalue weighted by Gasteiger charge is -2.47. The highest BCUT2D eigenvalue weighted by molar-refractivity contribution is 5.06. The van der Waals surface area contributed by atoms with Gasteiger partial charge in [0.2, 0.25) is 0 Å². The first-order valence-corrected chi connectivity index (χ1v) is 8.71. The summed E-state index contributed by atoms with van der Waals surface area (Å²) in [5.41, 5.74) is 6.41. The summed E-state index contributed by atoms with van der Waals surface area (Å²) >= 11 is 0. The van der Waals surface area contributed by atoms with Crippen LogP contribution < -0.4 is 5.73 Å². The molecule has 0 amide bonds. The van der Waals surface area contributed by atoms with E-state index in [1.165, 1.54) is 12.8 Å². The second-order valence-corrected chi connectivity index (χ2v) is 8.48. The van der Waals surface area contributed by atoms with Gasteiger partial charge in [0.15, 0.2) is 0 Å². The Morgan fingerprint density at radius 2 is 1.76 bits per heavy atom. The normalized spacial score (nSPS) is 40.1. The Bertz CT molecular complexity index is 356. The van der Waals surface area contributed by atoms with E-state index >= 15 is 0 Å². The summed E-state index contributed by atoms with van der Waals surface area (Å²) in [4.78, 5) is 0. The van der Waals surface area contributed by atoms with Crippen LogP contribution in [-0.2, 0) is 9.47 Å². The van der Waals surface area contributed by atoms with E-state index in [0.717, 1.165) is 31.8 Å². The predicted octanol–water partition coefficient (Wildman–Crippen LogP) is 3.89. The van der Waals surface area contributed by atoms with E-state index < -0.39 is 0 Å². The molecule has 21 heavy (non-hydrogen) atoms. The summed E-state index contributed by atoms with van der Waals surface area (Å²) in [6, 6.07) is 0.0572. The highest BCUT2D eigenvalue weighted by Gasteiger charge is 2.54. The van der Waals surface area contributed by atoms with E-state index in [1.54, 1.807) is 0 Å². The van der Waals surface area contributed by atoms with Crippen molar-refractivity contribution < 1.29 is 9.47 Å². The zero-order valence-electron chi connectivity index (χ0n) is 14.9. The van der Waals surface area contributed by atoms with E-state index in [1.807, 2.05) is 0 Å². The molecule has 2 unspecified atom stereocenters. The highest BCUT2D eigenvalue weighted by Crippen LogP contribution is 2.48. The molecule has 1 aliphatic heterocycles. The van der Waals surface area contributed by atoms with Crippen molar-refractivity contribution in [2.45, 2.75) is 96.5 Å². The lowest BCUT2D eigenvalue weighted by molar-refractivity contribution is -0.122. The molecule has 2 fully saturated rings. The number of hydrogen-bond acceptors (Lipinski definition) is 3. The molecule has 2 atom stereocenters. The molecule has 1 heterocycles. The fourth-order valence-corrected chi connectivity index (χ4v) is 4.64. The molecular formula is C18H35NO2. The van der Waals surface area contributed by atoms with Crippen LogP contribution in [-0.4, -0.2) is 29.5 Å². The minimum Gasteiger partial charge on any atom is -0.374 e. The predicted molar refractivity (Wildman–Crippen MR) is 87.3 cm³/mol. The van der Waals surface area contributed by atoms with Crippen molar-refractivity contribution in [2.24, 2.45) is 17.6 Å². The molecule has 1 saturated carbocycles. The van der Waals surface area contributed by atoms with Crippen molar-refractivity contribution in [3.8, 4) is 0 Å². The van der Waals surface area contributed by atoms with Gasteiger partial charge in [-0.2, -0.15) is 0 Å². The van der Waals surface area contributed by atoms with Crippen LogP contribution in [0.25, 0.3) is 0 Å². The third-order valence-corrected chi connectivity index (χ3v) is 5.74. The van der Waals surface area contributed by atoms with Crippen LogP contribution in [0.2, 0.25) is 0 Å². The Morgan fingerprint density at radius 1 is 1.19 bits per heavy atom. The summed E-state index contributed by atoms with van der Waals surface area (Å²) in [5.74, 6) is 1.16. The standard InChI is InChI=1S/C18H35NO2/c1-7-20-18(10-8-13(2)9-11-18)15(19)14-12-16(3,4)21-17(14,5)6/h13-15H,7-12,19H2,1-6H3. The monoisotopic (exact) mass is 297 g/mol. The first-order valence-electron chi connectivity index (χ1n) is 8.71. The molecule has 2 rings (SSSR count). The van der Waals surface area contributed by atoms with Crippen LogP contribution in [0, 0.1) is 11.8 Å². The van der Waals surface area contributed by atoms with Gasteiger partial charge in [-0.05, 0) is 72.6 Å². The maximum atomic E-state index is 6.81. The molecule has 2 N–H and O–H groups in total. The largest absolute Gasteiger partial charge is 0.374 e. The van der Waals surface area contributed by atoms with Crippen molar-refractivity contribution in [3.63, 3.8) is 0 Å². The Labute approximate surface area is 130 Å². The zero-order chi connectivity index (χ0) is 15.9. The fourth-order valence-electron chi connectivity index (χ4n) is 4.64. The molecule has 3 nitrogen and oxygen atoms in total. The lowest BCUT2D eigenvalue weighted by Crippen LogP contribution is -2.58. The molecular weight excluding hydrogens is 262 g/mol. The fraction of sp³-hybridized carbons (Fsp3) is 1.00. The summed E-state index contributed by atoms with van der Waals surface area (Å²) in [6.45, 7) is 13.9. The third kappa shape index (κ3) is 3.46. The van der Waals surface area contributed by atoms with Gasteiger partial charge in [-0.1, -0.05) is 6.92 Å². The maximum absolute atomic E-state index is 6.81. The second kappa shape index (κ2) is 5.82. The van der Waals surface area contributed by atoms with Crippen LogP contribution in [0.1, 0.15) is 73.6 Å². The van der Waals surface area contributed by atoms with Crippen LogP contribution in [0.4, 0.5) is 0 Å². The van der Waals surface area contributed by atoms with Crippen molar-refractivity contribution >= 4 is 0 Å². The molecule has 0 aromatic rings. The Hall–Kier alpha value is -0.120. The maximum Gasteiger partial charge on any atom is 0.0836 e. The third-order valence-electron chi connectivity index (χ3n) is 5.74. The van der Waals surface area contributed by atoms with E-state index in [2.05, 4.69) is 41.5 Å². The van der Waals surface area contributed by atoms with Gasteiger partial charge in [-0.25, -0.2) is 0 Å². The van der Waals surface area contributed by atoms with Crippen molar-refractivity contribution in [1.29, 1.82) is 0 Å². The smallest absolute Gasteiger partial charge is 0.0836 e. The molecule has 0 aromatic heterocycles. The summed E-state index contributed by atoms with van der Waals surface area (Å²) in [5, 5.41) is 0. The average Bonchev–Trinajstić information content (AvgIpc) is 2.60. The lowest BCUT2D eigenvalue weighted by atomic mass is 9.68. The second-order valence-electron chi connectivity index (χ2n) is 8.48. The van der Waals surface area contributed by atoms with Crippen LogP contribution in [0.5, 0.6) is 0 Å². The minimum absolute atomic E-state index is 0.0572. The molecule has 3 heteroatoms. The molecule has 1 aliphatic carbocycles. The zero-order valence-corrected chi connectivity index (χ0v) is 14.9. The SMILES string of the molecule is CCOC1(C(N)C2CC(C)(C)OC2(C)C)CCC(C)CC1. The molecule has 1 saturated heterocycles. The Morgan fingerprint density at radius 3 is 2.19 bits per heavy atom. The van der Waals surface area contributed by atoms with Gasteiger partial charge in [0.25, 0.3) is 0 Å². The quantitative estimate of drug-likeness (QED) is 0.856. The van der Waals surface area contributed by atoms with Gasteiger partial charge in [-0.15, -0.1) is 0 Å². The topological polar surface area (TPSA) is 44.5 Å². The van der Waals surface area contributed by atoms with Crippen LogP contribution in [0.3, 0.4) is 0 Å². The van der Waals surface area contributed by atoms with Gasteiger partial charge < -0.3 is 15.2 Å². The average molecular weight is 297 g/mol. The molecule has 0 radical (unpaired) electrons. The van der Waals surface area contributed by atoms with Gasteiger partial charge in [0.05, 0.1) is 16.8 Å². The van der Waals surface area contributed by atoms with E-state index in [0.29, 0.717) is 5.92 Å². The van der Waals surface area contributed by atoms with E-state index in [-0.39, 0.29) is 22.8 Å². The summed E-state index contributed by atoms with van der Waals surface area (Å²) in [7, 11) is 0. The van der Waals surface area contributed by atoms with Crippen molar-refractivity contribution in [2.75, 3.05) is 6.61 Å². The highest BCUT2D eigenvalue weighted by atomic mass is 16.5. The van der Waals surface area contributed by atoms with Crippen molar-refractivity contribution in [3.05, 3.63) is 0 Å². The number of rotatable bonds is 4. The van der Waals surface area contributed by atoms with Gasteiger partial charge >= 0.3 is 0 Å². The molecule has 0 spiro atoms. The van der Waals surface area contributed by atoms with Gasteiger partial charge in [0.1, 0.15) is 0 Å². The first kappa shape index (κ1) is 17.2. The molecule has 0 aromatic carbocycles. The number of nitrogens with two attached hydrogens (primary N) is 1. The summed E-state index contributed by atoms with van der Waals surface area (Å²) < 4.78 is 12.5. The number of ether oxygens (including phenoxy) is 2. The minimum atomic E-state index is -0.171. The Kier molecular flexibility index (Phi) is 4.78. The van der Waals surface area contributed by atoms with Crippen molar-refractivity contribution in [1.82, 2.24) is 0 Å².